The molecule has 6 aliphatic carbocycles. The van der Waals surface area contributed by atoms with Crippen LogP contribution in [0.2, 0.25) is 0 Å². The van der Waals surface area contributed by atoms with E-state index in [1.807, 2.05) is 6.92 Å². The lowest BCUT2D eigenvalue weighted by Gasteiger charge is -2.42. The maximum atomic E-state index is 13.7. The summed E-state index contributed by atoms with van der Waals surface area (Å²) >= 11 is 0. The zero-order valence-corrected chi connectivity index (χ0v) is 69.6. The van der Waals surface area contributed by atoms with E-state index in [1.165, 1.54) is 19.9 Å². The Balaban J connectivity index is 0.000000120. The van der Waals surface area contributed by atoms with Crippen LogP contribution in [-0.4, -0.2) is 122 Å². The molecule has 0 saturated heterocycles. The van der Waals surface area contributed by atoms with E-state index < -0.39 is 63.7 Å². The minimum Gasteiger partial charge on any atom is -0.368 e. The number of alkyl halides is 10. The van der Waals surface area contributed by atoms with Crippen molar-refractivity contribution in [3.05, 3.63) is 198 Å². The van der Waals surface area contributed by atoms with Crippen LogP contribution in [0, 0.1) is 49.3 Å². The van der Waals surface area contributed by atoms with E-state index in [-0.39, 0.29) is 181 Å². The lowest BCUT2D eigenvalue weighted by atomic mass is 9.74. The standard InChI is InChI=1S/C19H22F2N4O2.C18H18F3N3O2.C17H21F2N5O2.C17H23F2N3O2.C14H19F2N3O2/c1-11-3-2-4-15(22-11)25-17(26)13-5-6-14(23-16(13)24-18(25)27)12-7-9-19(20,21)10-8-12;1-9-4-11(19)6-12(5-9)24-16(25)13-2-3-14(10-7-18(20,21)8-10)22-15(13)23-17(24)26;1-23-9-6-13(22-23)24-15(25)11-2-3-12(20-14(11)21-16(24)26)10-4-7-17(18,19)8-5-10;1-16(8-9-16)22-14(23)11-2-3-12(20-13(11)21-15(22)24)10-4-6-17(18,19)7-5-10;1-7(2)19-12(20)9-3-4-10(8-5-14(15,16)6-8)17-11(9)18-13(19)21/h2-4,12,14,23H,5-10H2,1H3,(H,24,27);4-6,10,14,22H,2-3,7-8H2,1H3,(H,23,26);6,9-10,12,20H,2-5,7-8H2,1H3,(H,21,26);10,12,20H,2-9H2,1H3,(H,21,24);7-8,10,17H,3-6H2,1-2H3,(H,18,21)/t2*14-;2*12-;10-/m11111/s1. The predicted octanol–water partition coefficient (Wildman–Crippen LogP) is 11.8. The van der Waals surface area contributed by atoms with Gasteiger partial charge in [-0.05, 0) is 216 Å². The molecule has 10 N–H and O–H groups in total. The molecule has 12 heterocycles. The number of nitrogens with one attached hydrogen (secondary N) is 10. The third kappa shape index (κ3) is 18.8. The number of pyridine rings is 1. The number of hydrogen-bond acceptors (Lipinski definition) is 17. The largest absolute Gasteiger partial charge is 0.368 e. The third-order valence-electron chi connectivity index (χ3n) is 26.9. The van der Waals surface area contributed by atoms with Crippen molar-refractivity contribution in [2.45, 2.75) is 286 Å². The van der Waals surface area contributed by atoms with Gasteiger partial charge in [-0.25, -0.2) is 91.0 Å². The first-order chi connectivity index (χ1) is 58.5. The summed E-state index contributed by atoms with van der Waals surface area (Å²) in [6.45, 7) is 8.94. The van der Waals surface area contributed by atoms with Crippen molar-refractivity contribution in [2.24, 2.45) is 36.6 Å². The van der Waals surface area contributed by atoms with Crippen molar-refractivity contribution in [1.82, 2.24) is 62.5 Å². The van der Waals surface area contributed by atoms with E-state index in [4.69, 9.17) is 0 Å². The highest BCUT2D eigenvalue weighted by Crippen LogP contribution is 2.49. The number of aryl methyl sites for hydroxylation is 3. The molecule has 0 amide bonds. The Morgan fingerprint density at radius 2 is 0.750 bits per heavy atom. The monoisotopic (exact) mass is 1740 g/mol. The number of rotatable bonds is 10. The Morgan fingerprint density at radius 1 is 0.395 bits per heavy atom. The van der Waals surface area contributed by atoms with Crippen LogP contribution < -0.4 is 82.8 Å². The Labute approximate surface area is 701 Å². The molecule has 7 aromatic heterocycles. The van der Waals surface area contributed by atoms with Crippen molar-refractivity contribution in [2.75, 3.05) is 26.6 Å². The van der Waals surface area contributed by atoms with Crippen LogP contribution in [0.25, 0.3) is 17.3 Å². The molecule has 5 atom stereocenters. The van der Waals surface area contributed by atoms with Crippen molar-refractivity contribution in [1.29, 1.82) is 0 Å². The Hall–Kier alpha value is -10.8. The van der Waals surface area contributed by atoms with E-state index in [0.717, 1.165) is 39.0 Å². The predicted molar refractivity (Wildman–Crippen MR) is 443 cm³/mol. The van der Waals surface area contributed by atoms with Crippen LogP contribution in [0.1, 0.15) is 214 Å². The van der Waals surface area contributed by atoms with Gasteiger partial charge in [0.15, 0.2) is 5.82 Å². The van der Waals surface area contributed by atoms with Gasteiger partial charge >= 0.3 is 28.4 Å². The van der Waals surface area contributed by atoms with Crippen molar-refractivity contribution < 1.29 is 48.3 Å². The molecule has 0 bridgehead atoms. The minimum absolute atomic E-state index is 0.000602. The van der Waals surface area contributed by atoms with Crippen LogP contribution in [-0.2, 0) is 44.7 Å². The lowest BCUT2D eigenvalue weighted by molar-refractivity contribution is -0.115. The van der Waals surface area contributed by atoms with Gasteiger partial charge in [-0.15, -0.1) is 0 Å². The third-order valence-corrected chi connectivity index (χ3v) is 26.9. The van der Waals surface area contributed by atoms with Gasteiger partial charge in [-0.2, -0.15) is 5.10 Å². The second-order valence-corrected chi connectivity index (χ2v) is 36.3. The number of aromatic amines is 5. The Kier molecular flexibility index (Phi) is 24.1. The van der Waals surface area contributed by atoms with Gasteiger partial charge in [0, 0.05) is 125 Å². The number of H-pyrrole nitrogens is 5. The van der Waals surface area contributed by atoms with Crippen molar-refractivity contribution >= 4 is 29.1 Å². The van der Waals surface area contributed by atoms with Gasteiger partial charge in [-0.3, -0.25) is 62.7 Å². The van der Waals surface area contributed by atoms with Crippen LogP contribution in [0.4, 0.5) is 77.4 Å². The smallest absolute Gasteiger partial charge is 0.335 e. The molecule has 39 heteroatoms. The van der Waals surface area contributed by atoms with Gasteiger partial charge in [0.2, 0.25) is 29.6 Å². The summed E-state index contributed by atoms with van der Waals surface area (Å²) in [5.74, 6) is -10.6. The summed E-state index contributed by atoms with van der Waals surface area (Å²) in [5.41, 5.74) is -0.703. The molecule has 6 saturated carbocycles. The van der Waals surface area contributed by atoms with Gasteiger partial charge in [-0.1, -0.05) is 6.07 Å². The highest BCUT2D eigenvalue weighted by atomic mass is 19.3. The van der Waals surface area contributed by atoms with Crippen LogP contribution in [0.3, 0.4) is 0 Å². The number of hydrogen-bond donors (Lipinski definition) is 10. The SMILES string of the molecule is CC(C)n1c(=O)[nH]c2c(c1=O)CC[C@H](C1CC(F)(F)C1)N2.CC1(n2c(=O)[nH]c3c(c2=O)CC[C@H](C2CCC(F)(F)CC2)N3)CC1.Cc1cc(F)cc(-n2c(=O)[nH]c3c(c2=O)CC[C@H](C2CC(F)(F)C2)N3)c1.Cc1cccc(-n2c(=O)[nH]c3c(c2=O)CC[C@H](C2CCC(F)(F)CC2)N3)n1.Cn1ccc(-n2c(=O)[nH]c3c(c2=O)CC[C@H](C2CCC(F)(F)CC2)N3)n1. The molecule has 5 aliphatic heterocycles. The van der Waals surface area contributed by atoms with E-state index in [0.29, 0.717) is 164 Å². The van der Waals surface area contributed by atoms with Gasteiger partial charge < -0.3 is 26.6 Å². The molecule has 0 unspecified atom stereocenters. The maximum absolute atomic E-state index is 13.7. The average molecular weight is 1750 g/mol. The number of halogens is 11. The normalized spacial score (nSPS) is 23.6. The molecule has 670 valence electrons. The molecular weight excluding hydrogens is 1640 g/mol. The first kappa shape index (κ1) is 88.1. The summed E-state index contributed by atoms with van der Waals surface area (Å²) < 4.78 is 153. The molecule has 11 aliphatic rings. The summed E-state index contributed by atoms with van der Waals surface area (Å²) in [7, 11) is 1.71. The van der Waals surface area contributed by atoms with E-state index >= 15 is 0 Å². The summed E-state index contributed by atoms with van der Waals surface area (Å²) in [4.78, 5) is 143. The number of nitrogens with zero attached hydrogens (tertiary/aromatic N) is 8. The van der Waals surface area contributed by atoms with Crippen LogP contribution in [0.5, 0.6) is 0 Å². The second kappa shape index (κ2) is 33.9. The molecule has 0 radical (unpaired) electrons. The molecule has 124 heavy (non-hydrogen) atoms. The number of benzene rings is 1. The summed E-state index contributed by atoms with van der Waals surface area (Å²) in [6.07, 6.45) is 10.8. The number of anilines is 5. The van der Waals surface area contributed by atoms with Gasteiger partial charge in [0.05, 0.1) is 39.0 Å². The molecule has 6 fully saturated rings. The van der Waals surface area contributed by atoms with E-state index in [9.17, 15) is 96.2 Å². The van der Waals surface area contributed by atoms with Crippen molar-refractivity contribution in [3.8, 4) is 17.3 Å². The van der Waals surface area contributed by atoms with E-state index in [1.54, 1.807) is 71.3 Å². The van der Waals surface area contributed by atoms with Crippen LogP contribution in [0.15, 0.2) is 96.6 Å². The number of aromatic nitrogens is 13. The van der Waals surface area contributed by atoms with Crippen LogP contribution >= 0.6 is 0 Å². The van der Waals surface area contributed by atoms with Gasteiger partial charge in [0.1, 0.15) is 40.7 Å². The summed E-state index contributed by atoms with van der Waals surface area (Å²) in [6, 6.07) is 10.3. The fourth-order valence-corrected chi connectivity index (χ4v) is 19.6. The lowest BCUT2D eigenvalue weighted by Crippen LogP contribution is -2.48. The minimum atomic E-state index is -2.61. The molecule has 0 spiro atoms. The zero-order valence-electron chi connectivity index (χ0n) is 69.6. The van der Waals surface area contributed by atoms with Gasteiger partial charge in [0.25, 0.3) is 27.8 Å². The first-order valence-corrected chi connectivity index (χ1v) is 42.8. The molecule has 19 rings (SSSR count). The van der Waals surface area contributed by atoms with Crippen molar-refractivity contribution in [3.63, 3.8) is 0 Å². The quantitative estimate of drug-likeness (QED) is 0.0569. The molecule has 1 aromatic carbocycles. The molecular formula is C85H103F11N18O10. The highest BCUT2D eigenvalue weighted by Gasteiger charge is 2.52. The summed E-state index contributed by atoms with van der Waals surface area (Å²) in [5, 5.41) is 20.0. The average Bonchev–Trinajstić information content (AvgIpc) is 1.45. The molecule has 8 aromatic rings. The second-order valence-electron chi connectivity index (χ2n) is 36.3. The Morgan fingerprint density at radius 3 is 1.11 bits per heavy atom. The number of fused-ring (bicyclic) bond motifs is 5. The Bertz CT molecular complexity index is 5990. The van der Waals surface area contributed by atoms with E-state index in [2.05, 4.69) is 61.6 Å². The first-order valence-electron chi connectivity index (χ1n) is 42.8. The fraction of sp³-hybridized carbons (Fsp3) is 0.600. The topological polar surface area (TPSA) is 365 Å². The molecule has 28 nitrogen and oxygen atoms in total. The maximum Gasteiger partial charge on any atom is 0.335 e. The fourth-order valence-electron chi connectivity index (χ4n) is 19.6. The zero-order chi connectivity index (χ0) is 88.8. The highest BCUT2D eigenvalue weighted by molar-refractivity contribution is 5.52.